The molecule has 0 aliphatic carbocycles. The average Bonchev–Trinajstić information content (AvgIpc) is 3.12. The van der Waals surface area contributed by atoms with Crippen molar-refractivity contribution in [2.75, 3.05) is 39.6 Å². The fourth-order valence-corrected chi connectivity index (χ4v) is 1.53. The molecule has 2 aliphatic rings. The third-order valence-electron chi connectivity index (χ3n) is 2.58. The quantitative estimate of drug-likeness (QED) is 0.529. The predicted molar refractivity (Wildman–Crippen MR) is 61.1 cm³/mol. The molecule has 0 N–H and O–H groups in total. The smallest absolute Gasteiger partial charge is 0.104 e. The molecule has 5 nitrogen and oxygen atoms in total. The maximum absolute atomic E-state index is 5.72. The first-order valence-electron chi connectivity index (χ1n) is 6.28. The summed E-state index contributed by atoms with van der Waals surface area (Å²) in [7, 11) is 0. The SMILES string of the molecule is C[C@H](COC[C@@H]1CO1)O[C@H](C)COC[C@H]1CO1. The number of hydrogen-bond acceptors (Lipinski definition) is 5. The molecule has 17 heavy (non-hydrogen) atoms. The minimum Gasteiger partial charge on any atom is -0.376 e. The second-order valence-corrected chi connectivity index (χ2v) is 4.74. The first-order valence-corrected chi connectivity index (χ1v) is 6.28. The second kappa shape index (κ2) is 6.66. The molecule has 0 bridgehead atoms. The van der Waals surface area contributed by atoms with Gasteiger partial charge in [0, 0.05) is 0 Å². The Morgan fingerprint density at radius 1 is 0.941 bits per heavy atom. The van der Waals surface area contributed by atoms with Crippen molar-refractivity contribution < 1.29 is 23.7 Å². The van der Waals surface area contributed by atoms with Gasteiger partial charge in [0.2, 0.25) is 0 Å². The zero-order chi connectivity index (χ0) is 12.1. The molecule has 0 unspecified atom stereocenters. The minimum atomic E-state index is 0.0875. The average molecular weight is 246 g/mol. The molecule has 2 fully saturated rings. The lowest BCUT2D eigenvalue weighted by Gasteiger charge is -2.19. The van der Waals surface area contributed by atoms with Crippen LogP contribution in [0.2, 0.25) is 0 Å². The van der Waals surface area contributed by atoms with Crippen molar-refractivity contribution in [3.8, 4) is 0 Å². The molecular formula is C12H22O5. The molecule has 0 spiro atoms. The van der Waals surface area contributed by atoms with Crippen LogP contribution in [-0.2, 0) is 23.7 Å². The molecule has 0 amide bonds. The van der Waals surface area contributed by atoms with Crippen LogP contribution in [0.15, 0.2) is 0 Å². The van der Waals surface area contributed by atoms with E-state index < -0.39 is 0 Å². The van der Waals surface area contributed by atoms with Crippen LogP contribution in [0.4, 0.5) is 0 Å². The van der Waals surface area contributed by atoms with Crippen LogP contribution in [-0.4, -0.2) is 64.1 Å². The van der Waals surface area contributed by atoms with Gasteiger partial charge in [-0.2, -0.15) is 0 Å². The van der Waals surface area contributed by atoms with Gasteiger partial charge in [-0.1, -0.05) is 0 Å². The summed E-state index contributed by atoms with van der Waals surface area (Å²) >= 11 is 0. The fraction of sp³-hybridized carbons (Fsp3) is 1.00. The lowest BCUT2D eigenvalue weighted by atomic mass is 10.4. The Labute approximate surface area is 102 Å². The summed E-state index contributed by atoms with van der Waals surface area (Å²) in [5, 5.41) is 0. The Morgan fingerprint density at radius 3 is 1.71 bits per heavy atom. The van der Waals surface area contributed by atoms with Crippen LogP contribution in [0.3, 0.4) is 0 Å². The summed E-state index contributed by atoms with van der Waals surface area (Å²) in [5.41, 5.74) is 0. The molecule has 2 saturated heterocycles. The van der Waals surface area contributed by atoms with E-state index in [0.717, 1.165) is 13.2 Å². The first kappa shape index (κ1) is 13.2. The van der Waals surface area contributed by atoms with Crippen LogP contribution in [0.1, 0.15) is 13.8 Å². The summed E-state index contributed by atoms with van der Waals surface area (Å²) in [5.74, 6) is 0. The van der Waals surface area contributed by atoms with E-state index in [-0.39, 0.29) is 12.2 Å². The second-order valence-electron chi connectivity index (χ2n) is 4.74. The number of ether oxygens (including phenoxy) is 5. The van der Waals surface area contributed by atoms with Crippen LogP contribution >= 0.6 is 0 Å². The zero-order valence-corrected chi connectivity index (χ0v) is 10.6. The molecule has 4 atom stereocenters. The van der Waals surface area contributed by atoms with Crippen LogP contribution < -0.4 is 0 Å². The Morgan fingerprint density at radius 2 is 1.35 bits per heavy atom. The van der Waals surface area contributed by atoms with Crippen molar-refractivity contribution in [2.45, 2.75) is 38.3 Å². The highest BCUT2D eigenvalue weighted by atomic mass is 16.6. The summed E-state index contributed by atoms with van der Waals surface area (Å²) in [6.07, 6.45) is 0.817. The van der Waals surface area contributed by atoms with E-state index in [9.17, 15) is 0 Å². The minimum absolute atomic E-state index is 0.0875. The standard InChI is InChI=1S/C12H22O5/c1-9(3-13-5-11-7-15-11)17-10(2)4-14-6-12-8-16-12/h9-12H,3-8H2,1-2H3/t9-,10-,11-,12+/m1/s1. The van der Waals surface area contributed by atoms with E-state index in [1.54, 1.807) is 0 Å². The van der Waals surface area contributed by atoms with Gasteiger partial charge in [0.05, 0.1) is 51.8 Å². The maximum Gasteiger partial charge on any atom is 0.104 e. The van der Waals surface area contributed by atoms with Gasteiger partial charge >= 0.3 is 0 Å². The van der Waals surface area contributed by atoms with Crippen molar-refractivity contribution in [3.05, 3.63) is 0 Å². The lowest BCUT2D eigenvalue weighted by Crippen LogP contribution is -2.26. The van der Waals surface area contributed by atoms with Gasteiger partial charge in [-0.3, -0.25) is 0 Å². The number of rotatable bonds is 10. The van der Waals surface area contributed by atoms with Gasteiger partial charge in [0.15, 0.2) is 0 Å². The van der Waals surface area contributed by atoms with Gasteiger partial charge in [-0.25, -0.2) is 0 Å². The van der Waals surface area contributed by atoms with E-state index in [1.807, 2.05) is 13.8 Å². The Hall–Kier alpha value is -0.200. The topological polar surface area (TPSA) is 52.8 Å². The molecule has 2 aliphatic heterocycles. The number of hydrogen-bond donors (Lipinski definition) is 0. The maximum atomic E-state index is 5.72. The van der Waals surface area contributed by atoms with E-state index in [1.165, 1.54) is 0 Å². The third-order valence-corrected chi connectivity index (χ3v) is 2.58. The van der Waals surface area contributed by atoms with Gasteiger partial charge in [-0.05, 0) is 13.8 Å². The highest BCUT2D eigenvalue weighted by Crippen LogP contribution is 2.10. The van der Waals surface area contributed by atoms with E-state index in [4.69, 9.17) is 23.7 Å². The predicted octanol–water partition coefficient (Wildman–Crippen LogP) is 0.611. The van der Waals surface area contributed by atoms with Crippen molar-refractivity contribution in [1.29, 1.82) is 0 Å². The zero-order valence-electron chi connectivity index (χ0n) is 10.6. The third kappa shape index (κ3) is 6.33. The molecule has 0 aromatic rings. The van der Waals surface area contributed by atoms with Gasteiger partial charge < -0.3 is 23.7 Å². The van der Waals surface area contributed by atoms with Crippen molar-refractivity contribution in [1.82, 2.24) is 0 Å². The van der Waals surface area contributed by atoms with E-state index in [0.29, 0.717) is 38.6 Å². The Kier molecular flexibility index (Phi) is 5.18. The molecule has 0 saturated carbocycles. The molecular weight excluding hydrogens is 224 g/mol. The molecule has 2 rings (SSSR count). The Bertz CT molecular complexity index is 193. The van der Waals surface area contributed by atoms with Crippen molar-refractivity contribution in [3.63, 3.8) is 0 Å². The first-order chi connectivity index (χ1) is 8.24. The largest absolute Gasteiger partial charge is 0.376 e. The van der Waals surface area contributed by atoms with E-state index in [2.05, 4.69) is 0 Å². The summed E-state index contributed by atoms with van der Waals surface area (Å²) in [6, 6.07) is 0. The summed E-state index contributed by atoms with van der Waals surface area (Å²) in [6.45, 7) is 8.26. The molecule has 5 heteroatoms. The summed E-state index contributed by atoms with van der Waals surface area (Å²) < 4.78 is 26.8. The van der Waals surface area contributed by atoms with Crippen LogP contribution in [0.5, 0.6) is 0 Å². The summed E-state index contributed by atoms with van der Waals surface area (Å²) in [4.78, 5) is 0. The molecule has 0 aromatic heterocycles. The van der Waals surface area contributed by atoms with Gasteiger partial charge in [-0.15, -0.1) is 0 Å². The molecule has 0 aromatic carbocycles. The van der Waals surface area contributed by atoms with Crippen LogP contribution in [0.25, 0.3) is 0 Å². The van der Waals surface area contributed by atoms with Crippen molar-refractivity contribution >= 4 is 0 Å². The Balaban J connectivity index is 1.42. The molecule has 0 radical (unpaired) electrons. The molecule has 2 heterocycles. The molecule has 100 valence electrons. The monoisotopic (exact) mass is 246 g/mol. The van der Waals surface area contributed by atoms with Crippen LogP contribution in [0, 0.1) is 0 Å². The highest BCUT2D eigenvalue weighted by Gasteiger charge is 2.23. The normalized spacial score (nSPS) is 30.0. The van der Waals surface area contributed by atoms with Gasteiger partial charge in [0.25, 0.3) is 0 Å². The lowest BCUT2D eigenvalue weighted by molar-refractivity contribution is -0.0727. The fourth-order valence-electron chi connectivity index (χ4n) is 1.53. The number of epoxide rings is 2. The van der Waals surface area contributed by atoms with E-state index >= 15 is 0 Å². The highest BCUT2D eigenvalue weighted by molar-refractivity contribution is 4.68. The van der Waals surface area contributed by atoms with Crippen molar-refractivity contribution in [2.24, 2.45) is 0 Å². The van der Waals surface area contributed by atoms with Gasteiger partial charge in [0.1, 0.15) is 12.2 Å².